The standard InChI is InChI=1S/C25H29N7O3S/c1-17(16-34-2)29-22-14-23(35-19-7-9-20(36-3)10-8-19)32-24(31-22)25(33)30-21(26)11-13-27-15-18-6-4-5-12-28-18/h4-14,17,27H,15-16H2,1-3H3,(H2,26,30,33)(H,29,31,32)/b13-11-. The van der Waals surface area contributed by atoms with Gasteiger partial charge in [-0.15, -0.1) is 11.8 Å². The molecule has 4 N–H and O–H groups in total. The maximum atomic E-state index is 12.8. The van der Waals surface area contributed by atoms with Gasteiger partial charge in [-0.1, -0.05) is 6.07 Å². The van der Waals surface area contributed by atoms with E-state index in [1.54, 1.807) is 37.3 Å². The molecule has 2 aromatic heterocycles. The van der Waals surface area contributed by atoms with E-state index >= 15 is 0 Å². The number of carbonyl (C=O) groups excluding carboxylic acids is 1. The van der Waals surface area contributed by atoms with Crippen molar-refractivity contribution in [2.24, 2.45) is 10.7 Å². The molecule has 0 saturated carbocycles. The first-order valence-electron chi connectivity index (χ1n) is 11.1. The highest BCUT2D eigenvalue weighted by Crippen LogP contribution is 2.25. The van der Waals surface area contributed by atoms with Crippen LogP contribution in [0.1, 0.15) is 23.2 Å². The minimum absolute atomic E-state index is 0.00152. The number of nitrogens with two attached hydrogens (primary N) is 1. The zero-order valence-corrected chi connectivity index (χ0v) is 21.2. The van der Waals surface area contributed by atoms with Gasteiger partial charge in [0.15, 0.2) is 0 Å². The van der Waals surface area contributed by atoms with Gasteiger partial charge in [0, 0.05) is 36.5 Å². The number of thioether (sulfide) groups is 1. The smallest absolute Gasteiger partial charge is 0.316 e. The molecule has 10 nitrogen and oxygen atoms in total. The number of methoxy groups -OCH3 is 1. The van der Waals surface area contributed by atoms with Gasteiger partial charge in [-0.05, 0) is 55.7 Å². The second-order valence-electron chi connectivity index (χ2n) is 7.57. The van der Waals surface area contributed by atoms with Gasteiger partial charge in [-0.25, -0.2) is 4.98 Å². The van der Waals surface area contributed by atoms with Crippen molar-refractivity contribution in [2.45, 2.75) is 24.4 Å². The van der Waals surface area contributed by atoms with Gasteiger partial charge in [0.1, 0.15) is 17.4 Å². The lowest BCUT2D eigenvalue weighted by Crippen LogP contribution is -2.22. The molecule has 2 heterocycles. The average molecular weight is 508 g/mol. The largest absolute Gasteiger partial charge is 0.439 e. The lowest BCUT2D eigenvalue weighted by Gasteiger charge is -2.14. The zero-order chi connectivity index (χ0) is 25.8. The normalized spacial score (nSPS) is 12.4. The number of benzene rings is 1. The molecule has 1 unspecified atom stereocenters. The molecule has 0 bridgehead atoms. The van der Waals surface area contributed by atoms with E-state index in [1.807, 2.05) is 55.6 Å². The van der Waals surface area contributed by atoms with Crippen LogP contribution in [0.15, 0.2) is 76.9 Å². The number of aliphatic imine (C=N–C) groups is 1. The van der Waals surface area contributed by atoms with Crippen molar-refractivity contribution in [1.82, 2.24) is 20.3 Å². The molecule has 1 atom stereocenters. The van der Waals surface area contributed by atoms with Crippen molar-refractivity contribution in [3.05, 3.63) is 78.5 Å². The van der Waals surface area contributed by atoms with Crippen LogP contribution >= 0.6 is 11.8 Å². The van der Waals surface area contributed by atoms with Crippen molar-refractivity contribution < 1.29 is 14.3 Å². The Labute approximate surface area is 214 Å². The fraction of sp³-hybridized carbons (Fsp3) is 0.240. The minimum atomic E-state index is -0.701. The third kappa shape index (κ3) is 8.67. The number of hydrogen-bond donors (Lipinski definition) is 3. The summed E-state index contributed by atoms with van der Waals surface area (Å²) in [7, 11) is 1.61. The van der Waals surface area contributed by atoms with Gasteiger partial charge >= 0.3 is 5.91 Å². The fourth-order valence-corrected chi connectivity index (χ4v) is 3.38. The number of amides is 1. The van der Waals surface area contributed by atoms with Crippen LogP contribution in [0, 0.1) is 0 Å². The molecule has 0 aliphatic heterocycles. The Morgan fingerprint density at radius 2 is 2.03 bits per heavy atom. The number of anilines is 1. The third-order valence-corrected chi connectivity index (χ3v) is 5.34. The van der Waals surface area contributed by atoms with E-state index in [9.17, 15) is 4.79 Å². The van der Waals surface area contributed by atoms with Crippen LogP contribution in [-0.2, 0) is 11.3 Å². The van der Waals surface area contributed by atoms with E-state index < -0.39 is 5.91 Å². The molecule has 0 spiro atoms. The molecule has 0 radical (unpaired) electrons. The Morgan fingerprint density at radius 3 is 2.72 bits per heavy atom. The van der Waals surface area contributed by atoms with Gasteiger partial charge in [0.2, 0.25) is 11.7 Å². The number of amidine groups is 1. The zero-order valence-electron chi connectivity index (χ0n) is 20.3. The fourth-order valence-electron chi connectivity index (χ4n) is 2.97. The van der Waals surface area contributed by atoms with Crippen LogP contribution in [0.4, 0.5) is 5.82 Å². The Morgan fingerprint density at radius 1 is 1.22 bits per heavy atom. The number of pyridine rings is 1. The summed E-state index contributed by atoms with van der Waals surface area (Å²) in [5.74, 6) is 0.309. The molecule has 36 heavy (non-hydrogen) atoms. The van der Waals surface area contributed by atoms with E-state index in [4.69, 9.17) is 15.2 Å². The highest BCUT2D eigenvalue weighted by molar-refractivity contribution is 7.98. The van der Waals surface area contributed by atoms with E-state index in [0.29, 0.717) is 24.7 Å². The third-order valence-electron chi connectivity index (χ3n) is 4.60. The molecule has 0 saturated heterocycles. The maximum absolute atomic E-state index is 12.8. The monoisotopic (exact) mass is 507 g/mol. The molecular weight excluding hydrogens is 478 g/mol. The Balaban J connectivity index is 1.75. The van der Waals surface area contributed by atoms with Gasteiger partial charge in [-0.2, -0.15) is 9.98 Å². The van der Waals surface area contributed by atoms with Crippen molar-refractivity contribution >= 4 is 29.3 Å². The minimum Gasteiger partial charge on any atom is -0.439 e. The Hall–Kier alpha value is -3.96. The molecule has 3 aromatic rings. The first kappa shape index (κ1) is 26.6. The lowest BCUT2D eigenvalue weighted by atomic mass is 10.3. The summed E-state index contributed by atoms with van der Waals surface area (Å²) in [5.41, 5.74) is 6.77. The highest BCUT2D eigenvalue weighted by Gasteiger charge is 2.15. The number of rotatable bonds is 12. The number of carbonyl (C=O) groups is 1. The van der Waals surface area contributed by atoms with Crippen LogP contribution in [0.2, 0.25) is 0 Å². The van der Waals surface area contributed by atoms with Gasteiger partial charge in [-0.3, -0.25) is 9.78 Å². The molecule has 188 valence electrons. The number of nitrogens with one attached hydrogen (secondary N) is 2. The lowest BCUT2D eigenvalue weighted by molar-refractivity contribution is 0.0992. The second kappa shape index (κ2) is 13.8. The van der Waals surface area contributed by atoms with Gasteiger partial charge in [0.25, 0.3) is 0 Å². The average Bonchev–Trinajstić information content (AvgIpc) is 2.87. The molecule has 3 rings (SSSR count). The predicted octanol–water partition coefficient (Wildman–Crippen LogP) is 3.63. The first-order chi connectivity index (χ1) is 17.5. The topological polar surface area (TPSA) is 137 Å². The van der Waals surface area contributed by atoms with Gasteiger partial charge < -0.3 is 25.8 Å². The Kier molecular flexibility index (Phi) is 10.2. The molecular formula is C25H29N7O3S. The van der Waals surface area contributed by atoms with Crippen LogP contribution in [0.5, 0.6) is 11.6 Å². The van der Waals surface area contributed by atoms with E-state index in [-0.39, 0.29) is 23.6 Å². The van der Waals surface area contributed by atoms with Crippen LogP contribution < -0.4 is 21.1 Å². The van der Waals surface area contributed by atoms with Crippen molar-refractivity contribution in [3.8, 4) is 11.6 Å². The second-order valence-corrected chi connectivity index (χ2v) is 8.45. The predicted molar refractivity (Wildman–Crippen MR) is 141 cm³/mol. The molecule has 1 amide bonds. The molecule has 0 aliphatic carbocycles. The quantitative estimate of drug-likeness (QED) is 0.189. The molecule has 0 fully saturated rings. The number of hydrogen-bond acceptors (Lipinski definition) is 9. The summed E-state index contributed by atoms with van der Waals surface area (Å²) in [6.45, 7) is 2.88. The van der Waals surface area contributed by atoms with E-state index in [1.165, 1.54) is 6.08 Å². The van der Waals surface area contributed by atoms with Crippen molar-refractivity contribution in [1.29, 1.82) is 0 Å². The highest BCUT2D eigenvalue weighted by atomic mass is 32.2. The number of nitrogens with zero attached hydrogens (tertiary/aromatic N) is 4. The van der Waals surface area contributed by atoms with Crippen molar-refractivity contribution in [3.63, 3.8) is 0 Å². The van der Waals surface area contributed by atoms with Crippen molar-refractivity contribution in [2.75, 3.05) is 25.3 Å². The summed E-state index contributed by atoms with van der Waals surface area (Å²) in [5, 5.41) is 6.21. The van der Waals surface area contributed by atoms with Crippen LogP contribution in [0.25, 0.3) is 0 Å². The van der Waals surface area contributed by atoms with E-state index in [2.05, 4.69) is 30.6 Å². The maximum Gasteiger partial charge on any atom is 0.316 e. The summed E-state index contributed by atoms with van der Waals surface area (Å²) in [6, 6.07) is 14.7. The van der Waals surface area contributed by atoms with Gasteiger partial charge in [0.05, 0.1) is 18.8 Å². The van der Waals surface area contributed by atoms with Crippen LogP contribution in [0.3, 0.4) is 0 Å². The number of aromatic nitrogens is 3. The Bertz CT molecular complexity index is 1190. The van der Waals surface area contributed by atoms with Crippen LogP contribution in [-0.4, -0.2) is 52.7 Å². The summed E-state index contributed by atoms with van der Waals surface area (Å²) in [6.07, 6.45) is 6.79. The summed E-state index contributed by atoms with van der Waals surface area (Å²) < 4.78 is 11.1. The summed E-state index contributed by atoms with van der Waals surface area (Å²) in [4.78, 5) is 30.5. The molecule has 0 aliphatic rings. The molecule has 1 aromatic carbocycles. The first-order valence-corrected chi connectivity index (χ1v) is 12.3. The SMILES string of the molecule is COCC(C)Nc1cc(Oc2ccc(SC)cc2)nc(C(=O)N=C(N)/C=C\NCc2ccccn2)n1. The number of ether oxygens (including phenoxy) is 2. The molecule has 11 heteroatoms. The summed E-state index contributed by atoms with van der Waals surface area (Å²) >= 11 is 1.63. The van der Waals surface area contributed by atoms with E-state index in [0.717, 1.165) is 10.6 Å².